The van der Waals surface area contributed by atoms with Crippen LogP contribution in [0.15, 0.2) is 35.1 Å². The molecule has 0 atom stereocenters. The van der Waals surface area contributed by atoms with Crippen molar-refractivity contribution < 1.29 is 23.6 Å². The van der Waals surface area contributed by atoms with Crippen LogP contribution in [0.2, 0.25) is 0 Å². The molecule has 0 radical (unpaired) electrons. The van der Waals surface area contributed by atoms with E-state index in [1.807, 2.05) is 6.92 Å². The predicted octanol–water partition coefficient (Wildman–Crippen LogP) is 2.18. The number of methoxy groups -OCH3 is 2. The van der Waals surface area contributed by atoms with E-state index in [4.69, 9.17) is 9.47 Å². The molecule has 0 saturated heterocycles. The van der Waals surface area contributed by atoms with E-state index in [9.17, 15) is 9.59 Å². The molecule has 0 aliphatic carbocycles. The summed E-state index contributed by atoms with van der Waals surface area (Å²) >= 11 is 0. The highest BCUT2D eigenvalue weighted by Crippen LogP contribution is 2.23. The number of hydrogen-bond donors (Lipinski definition) is 1. The summed E-state index contributed by atoms with van der Waals surface area (Å²) in [6, 6.07) is 6.43. The van der Waals surface area contributed by atoms with Crippen LogP contribution in [-0.2, 0) is 4.79 Å². The Morgan fingerprint density at radius 1 is 1.20 bits per heavy atom. The molecule has 25 heavy (non-hydrogen) atoms. The Hall–Kier alpha value is -3.03. The molecule has 2 rings (SSSR count). The number of ether oxygens (including phenoxy) is 2. The molecule has 2 amide bonds. The van der Waals surface area contributed by atoms with Gasteiger partial charge in [-0.1, -0.05) is 12.1 Å². The fraction of sp³-hybridized carbons (Fsp3) is 0.353. The molecule has 1 heterocycles. The first-order valence-electron chi connectivity index (χ1n) is 7.80. The Labute approximate surface area is 145 Å². The van der Waals surface area contributed by atoms with Gasteiger partial charge in [-0.3, -0.25) is 9.59 Å². The molecule has 1 aromatic heterocycles. The Kier molecular flexibility index (Phi) is 6.39. The Morgan fingerprint density at radius 3 is 2.40 bits per heavy atom. The number of nitrogens with one attached hydrogen (secondary N) is 1. The lowest BCUT2D eigenvalue weighted by molar-refractivity contribution is -0.116. The zero-order valence-electron chi connectivity index (χ0n) is 14.4. The maximum atomic E-state index is 12.8. The number of carbonyl (C=O) groups is 2. The number of nitrogens with zero attached hydrogens (tertiary/aromatic N) is 2. The van der Waals surface area contributed by atoms with Crippen molar-refractivity contribution in [3.63, 3.8) is 0 Å². The van der Waals surface area contributed by atoms with Gasteiger partial charge in [0, 0.05) is 24.2 Å². The van der Waals surface area contributed by atoms with Gasteiger partial charge in [-0.2, -0.15) is 0 Å². The standard InChI is InChI=1S/C17H21N3O5/c1-4-6-20(11-16(21)18-15-5-7-25-19-15)17(22)12-8-13(23-2)10-14(9-12)24-3/h5,7-10H,4,6,11H2,1-3H3,(H,18,19,21). The summed E-state index contributed by atoms with van der Waals surface area (Å²) in [5.74, 6) is 0.675. The summed E-state index contributed by atoms with van der Waals surface area (Å²) in [5.41, 5.74) is 0.388. The zero-order valence-corrected chi connectivity index (χ0v) is 14.4. The molecular formula is C17H21N3O5. The number of amides is 2. The highest BCUT2D eigenvalue weighted by molar-refractivity contribution is 5.99. The van der Waals surface area contributed by atoms with Gasteiger partial charge in [0.2, 0.25) is 5.91 Å². The molecule has 1 aromatic carbocycles. The summed E-state index contributed by atoms with van der Waals surface area (Å²) in [6.45, 7) is 2.27. The molecule has 0 aliphatic rings. The first-order chi connectivity index (χ1) is 12.1. The van der Waals surface area contributed by atoms with Gasteiger partial charge in [-0.25, -0.2) is 0 Å². The van der Waals surface area contributed by atoms with Crippen LogP contribution < -0.4 is 14.8 Å². The number of aromatic nitrogens is 1. The van der Waals surface area contributed by atoms with Crippen LogP contribution >= 0.6 is 0 Å². The van der Waals surface area contributed by atoms with E-state index >= 15 is 0 Å². The zero-order chi connectivity index (χ0) is 18.2. The number of hydrogen-bond acceptors (Lipinski definition) is 6. The third-order valence-electron chi connectivity index (χ3n) is 3.42. The minimum absolute atomic E-state index is 0.0982. The van der Waals surface area contributed by atoms with Crippen molar-refractivity contribution in [1.29, 1.82) is 0 Å². The topological polar surface area (TPSA) is 93.9 Å². The second-order valence-corrected chi connectivity index (χ2v) is 5.26. The van der Waals surface area contributed by atoms with E-state index in [-0.39, 0.29) is 18.4 Å². The summed E-state index contributed by atoms with van der Waals surface area (Å²) in [7, 11) is 3.02. The smallest absolute Gasteiger partial charge is 0.254 e. The van der Waals surface area contributed by atoms with Crippen molar-refractivity contribution in [1.82, 2.24) is 10.1 Å². The fourth-order valence-corrected chi connectivity index (χ4v) is 2.27. The summed E-state index contributed by atoms with van der Waals surface area (Å²) in [4.78, 5) is 26.4. The second kappa shape index (κ2) is 8.72. The van der Waals surface area contributed by atoms with Crippen LogP contribution in [-0.4, -0.2) is 49.2 Å². The third kappa shape index (κ3) is 4.97. The van der Waals surface area contributed by atoms with Crippen molar-refractivity contribution in [2.45, 2.75) is 13.3 Å². The molecule has 8 heteroatoms. The highest BCUT2D eigenvalue weighted by atomic mass is 16.5. The second-order valence-electron chi connectivity index (χ2n) is 5.26. The molecule has 0 spiro atoms. The van der Waals surface area contributed by atoms with Gasteiger partial charge < -0.3 is 24.2 Å². The molecule has 1 N–H and O–H groups in total. The molecular weight excluding hydrogens is 326 g/mol. The Balaban J connectivity index is 2.15. The Bertz CT molecular complexity index is 693. The summed E-state index contributed by atoms with van der Waals surface area (Å²) in [5, 5.41) is 6.19. The van der Waals surface area contributed by atoms with Crippen LogP contribution in [0.4, 0.5) is 5.82 Å². The fourth-order valence-electron chi connectivity index (χ4n) is 2.27. The largest absolute Gasteiger partial charge is 0.497 e. The van der Waals surface area contributed by atoms with Crippen LogP contribution in [0.5, 0.6) is 11.5 Å². The van der Waals surface area contributed by atoms with Crippen LogP contribution in [0, 0.1) is 0 Å². The van der Waals surface area contributed by atoms with Crippen molar-refractivity contribution in [3.05, 3.63) is 36.1 Å². The first-order valence-corrected chi connectivity index (χ1v) is 7.80. The van der Waals surface area contributed by atoms with Crippen LogP contribution in [0.3, 0.4) is 0 Å². The molecule has 0 saturated carbocycles. The maximum absolute atomic E-state index is 12.8. The van der Waals surface area contributed by atoms with Gasteiger partial charge in [0.1, 0.15) is 24.3 Å². The molecule has 8 nitrogen and oxygen atoms in total. The van der Waals surface area contributed by atoms with Gasteiger partial charge in [-0.05, 0) is 18.6 Å². The van der Waals surface area contributed by atoms with Crippen molar-refractivity contribution in [2.24, 2.45) is 0 Å². The van der Waals surface area contributed by atoms with Gasteiger partial charge in [0.25, 0.3) is 5.91 Å². The highest BCUT2D eigenvalue weighted by Gasteiger charge is 2.20. The predicted molar refractivity (Wildman–Crippen MR) is 90.9 cm³/mol. The van der Waals surface area contributed by atoms with E-state index in [0.717, 1.165) is 0 Å². The first kappa shape index (κ1) is 18.3. The van der Waals surface area contributed by atoms with Crippen molar-refractivity contribution in [3.8, 4) is 11.5 Å². The molecule has 0 fully saturated rings. The lowest BCUT2D eigenvalue weighted by Gasteiger charge is -2.22. The number of benzene rings is 1. The number of anilines is 1. The third-order valence-corrected chi connectivity index (χ3v) is 3.42. The van der Waals surface area contributed by atoms with Gasteiger partial charge in [0.05, 0.1) is 14.2 Å². The number of rotatable bonds is 8. The molecule has 134 valence electrons. The summed E-state index contributed by atoms with van der Waals surface area (Å²) < 4.78 is 15.0. The quantitative estimate of drug-likeness (QED) is 0.787. The van der Waals surface area contributed by atoms with E-state index in [1.54, 1.807) is 18.2 Å². The van der Waals surface area contributed by atoms with Gasteiger partial charge in [0.15, 0.2) is 5.82 Å². The average Bonchev–Trinajstić information content (AvgIpc) is 3.13. The molecule has 2 aromatic rings. The van der Waals surface area contributed by atoms with E-state index in [2.05, 4.69) is 15.0 Å². The van der Waals surface area contributed by atoms with E-state index in [0.29, 0.717) is 35.8 Å². The maximum Gasteiger partial charge on any atom is 0.254 e. The molecule has 0 unspecified atom stereocenters. The van der Waals surface area contributed by atoms with E-state index < -0.39 is 0 Å². The lowest BCUT2D eigenvalue weighted by atomic mass is 10.1. The number of carbonyl (C=O) groups excluding carboxylic acids is 2. The summed E-state index contributed by atoms with van der Waals surface area (Å²) in [6.07, 6.45) is 2.07. The van der Waals surface area contributed by atoms with Gasteiger partial charge >= 0.3 is 0 Å². The Morgan fingerprint density at radius 2 is 1.88 bits per heavy atom. The SMILES string of the molecule is CCCN(CC(=O)Nc1ccon1)C(=O)c1cc(OC)cc(OC)c1. The van der Waals surface area contributed by atoms with Crippen LogP contribution in [0.25, 0.3) is 0 Å². The minimum Gasteiger partial charge on any atom is -0.497 e. The van der Waals surface area contributed by atoms with Crippen LogP contribution in [0.1, 0.15) is 23.7 Å². The van der Waals surface area contributed by atoms with Gasteiger partial charge in [-0.15, -0.1) is 0 Å². The monoisotopic (exact) mass is 347 g/mol. The normalized spacial score (nSPS) is 10.2. The lowest BCUT2D eigenvalue weighted by Crippen LogP contribution is -2.38. The molecule has 0 aliphatic heterocycles. The van der Waals surface area contributed by atoms with Crippen molar-refractivity contribution >= 4 is 17.6 Å². The van der Waals surface area contributed by atoms with E-state index in [1.165, 1.54) is 31.4 Å². The van der Waals surface area contributed by atoms with Crippen molar-refractivity contribution in [2.75, 3.05) is 32.6 Å². The minimum atomic E-state index is -0.356. The average molecular weight is 347 g/mol. The molecule has 0 bridgehead atoms.